The van der Waals surface area contributed by atoms with Gasteiger partial charge in [0.15, 0.2) is 0 Å². The highest BCUT2D eigenvalue weighted by Crippen LogP contribution is 2.10. The van der Waals surface area contributed by atoms with E-state index in [0.717, 1.165) is 13.1 Å². The normalized spacial score (nSPS) is 10.8. The molecular formula is C17H35N. The molecule has 18 heavy (non-hydrogen) atoms. The molecule has 1 aliphatic rings. The van der Waals surface area contributed by atoms with Gasteiger partial charge in [-0.25, -0.2) is 0 Å². The topological polar surface area (TPSA) is 12.0 Å². The molecule has 0 aromatic rings. The molecule has 1 heteroatoms. The maximum absolute atomic E-state index is 3.70. The van der Waals surface area contributed by atoms with Crippen LogP contribution in [-0.4, -0.2) is 13.1 Å². The minimum Gasteiger partial charge on any atom is -0.309 e. The SMILES string of the molecule is C=CC.C=CC1=C(C=C)CNC1.CC.CC.CC. The zero-order chi connectivity index (χ0) is 15.4. The predicted octanol–water partition coefficient (Wildman–Crippen LogP) is 5.53. The molecule has 0 atom stereocenters. The van der Waals surface area contributed by atoms with E-state index in [1.807, 2.05) is 60.6 Å². The van der Waals surface area contributed by atoms with Crippen molar-refractivity contribution in [1.29, 1.82) is 0 Å². The van der Waals surface area contributed by atoms with Crippen LogP contribution in [-0.2, 0) is 0 Å². The Morgan fingerprint density at radius 3 is 1.17 bits per heavy atom. The lowest BCUT2D eigenvalue weighted by Gasteiger charge is -1.90. The third-order valence-corrected chi connectivity index (χ3v) is 1.54. The summed E-state index contributed by atoms with van der Waals surface area (Å²) in [6.07, 6.45) is 5.52. The lowest BCUT2D eigenvalue weighted by molar-refractivity contribution is 0.874. The van der Waals surface area contributed by atoms with Crippen molar-refractivity contribution in [3.63, 3.8) is 0 Å². The number of rotatable bonds is 2. The zero-order valence-electron chi connectivity index (χ0n) is 13.8. The number of hydrogen-bond acceptors (Lipinski definition) is 1. The second-order valence-electron chi connectivity index (χ2n) is 2.47. The summed E-state index contributed by atoms with van der Waals surface area (Å²) >= 11 is 0. The molecule has 1 heterocycles. The standard InChI is InChI=1S/C8H11N.C3H6.3C2H6/c1-3-7-5-9-6-8(7)4-2;1-3-2;3*1-2/h3-4,9H,1-2,5-6H2;3H,1H2,2H3;3*1-2H3. The predicted molar refractivity (Wildman–Crippen MR) is 90.2 cm³/mol. The summed E-state index contributed by atoms with van der Waals surface area (Å²) in [7, 11) is 0. The van der Waals surface area contributed by atoms with Gasteiger partial charge >= 0.3 is 0 Å². The maximum atomic E-state index is 3.70. The van der Waals surface area contributed by atoms with E-state index in [1.54, 1.807) is 6.08 Å². The van der Waals surface area contributed by atoms with Crippen molar-refractivity contribution in [1.82, 2.24) is 5.32 Å². The highest BCUT2D eigenvalue weighted by atomic mass is 14.9. The van der Waals surface area contributed by atoms with Gasteiger partial charge < -0.3 is 5.32 Å². The Kier molecular flexibility index (Phi) is 42.4. The van der Waals surface area contributed by atoms with Crippen LogP contribution in [0, 0.1) is 0 Å². The quantitative estimate of drug-likeness (QED) is 0.638. The van der Waals surface area contributed by atoms with Gasteiger partial charge in [-0.2, -0.15) is 0 Å². The van der Waals surface area contributed by atoms with Crippen molar-refractivity contribution < 1.29 is 0 Å². The summed E-state index contributed by atoms with van der Waals surface area (Å²) in [4.78, 5) is 0. The molecule has 1 N–H and O–H groups in total. The van der Waals surface area contributed by atoms with E-state index < -0.39 is 0 Å². The first-order valence-electron chi connectivity index (χ1n) is 7.04. The van der Waals surface area contributed by atoms with E-state index >= 15 is 0 Å². The molecule has 0 radical (unpaired) electrons. The first-order valence-corrected chi connectivity index (χ1v) is 7.04. The summed E-state index contributed by atoms with van der Waals surface area (Å²) in [5.74, 6) is 0. The Morgan fingerprint density at radius 1 is 0.778 bits per heavy atom. The number of hydrogen-bond donors (Lipinski definition) is 1. The Bertz CT molecular complexity index is 182. The van der Waals surface area contributed by atoms with Gasteiger partial charge in [-0.15, -0.1) is 6.58 Å². The van der Waals surface area contributed by atoms with Crippen molar-refractivity contribution in [3.05, 3.63) is 49.1 Å². The van der Waals surface area contributed by atoms with Gasteiger partial charge in [0.2, 0.25) is 0 Å². The molecule has 1 nitrogen and oxygen atoms in total. The Morgan fingerprint density at radius 2 is 1.00 bits per heavy atom. The van der Waals surface area contributed by atoms with E-state index in [4.69, 9.17) is 0 Å². The van der Waals surface area contributed by atoms with Crippen LogP contribution in [0.25, 0.3) is 0 Å². The van der Waals surface area contributed by atoms with E-state index in [0.29, 0.717) is 0 Å². The van der Waals surface area contributed by atoms with Crippen LogP contribution in [0.1, 0.15) is 48.5 Å². The minimum absolute atomic E-state index is 0.949. The van der Waals surface area contributed by atoms with Crippen molar-refractivity contribution in [2.45, 2.75) is 48.5 Å². The van der Waals surface area contributed by atoms with Gasteiger partial charge in [-0.3, -0.25) is 0 Å². The van der Waals surface area contributed by atoms with Crippen molar-refractivity contribution in [3.8, 4) is 0 Å². The third kappa shape index (κ3) is 17.3. The molecule has 0 saturated heterocycles. The molecule has 1 rings (SSSR count). The van der Waals surface area contributed by atoms with Crippen LogP contribution in [0.15, 0.2) is 49.1 Å². The molecule has 0 aromatic heterocycles. The van der Waals surface area contributed by atoms with Gasteiger partial charge in [0.25, 0.3) is 0 Å². The van der Waals surface area contributed by atoms with Crippen LogP contribution >= 0.6 is 0 Å². The van der Waals surface area contributed by atoms with Crippen LogP contribution in [0.5, 0.6) is 0 Å². The van der Waals surface area contributed by atoms with E-state index in [-0.39, 0.29) is 0 Å². The Hall–Kier alpha value is -1.08. The number of nitrogens with one attached hydrogen (secondary N) is 1. The summed E-state index contributed by atoms with van der Waals surface area (Å²) < 4.78 is 0. The summed E-state index contributed by atoms with van der Waals surface area (Å²) in [5, 5.41) is 3.21. The molecule has 0 amide bonds. The van der Waals surface area contributed by atoms with Crippen molar-refractivity contribution >= 4 is 0 Å². The Labute approximate surface area is 116 Å². The molecule has 0 bridgehead atoms. The van der Waals surface area contributed by atoms with Crippen LogP contribution in [0.3, 0.4) is 0 Å². The fraction of sp³-hybridized carbons (Fsp3) is 0.529. The second-order valence-corrected chi connectivity index (χ2v) is 2.47. The molecule has 0 aromatic carbocycles. The second kappa shape index (κ2) is 29.7. The van der Waals surface area contributed by atoms with E-state index in [1.165, 1.54) is 11.1 Å². The maximum Gasteiger partial charge on any atom is 0.0211 e. The molecule has 1 aliphatic heterocycles. The average molecular weight is 253 g/mol. The molecule has 0 unspecified atom stereocenters. The van der Waals surface area contributed by atoms with Gasteiger partial charge in [0.05, 0.1) is 0 Å². The molecular weight excluding hydrogens is 218 g/mol. The van der Waals surface area contributed by atoms with Crippen LogP contribution in [0.2, 0.25) is 0 Å². The largest absolute Gasteiger partial charge is 0.309 e. The van der Waals surface area contributed by atoms with Crippen LogP contribution < -0.4 is 5.32 Å². The zero-order valence-corrected chi connectivity index (χ0v) is 13.8. The van der Waals surface area contributed by atoms with Gasteiger partial charge in [-0.05, 0) is 18.1 Å². The molecule has 0 spiro atoms. The summed E-state index contributed by atoms with van der Waals surface area (Å²) in [6.45, 7) is 26.5. The molecule has 0 aliphatic carbocycles. The first-order chi connectivity index (χ1) is 8.79. The van der Waals surface area contributed by atoms with Crippen LogP contribution in [0.4, 0.5) is 0 Å². The van der Waals surface area contributed by atoms with Gasteiger partial charge in [0, 0.05) is 13.1 Å². The van der Waals surface area contributed by atoms with Crippen molar-refractivity contribution in [2.24, 2.45) is 0 Å². The van der Waals surface area contributed by atoms with E-state index in [9.17, 15) is 0 Å². The van der Waals surface area contributed by atoms with Crippen molar-refractivity contribution in [2.75, 3.05) is 13.1 Å². The minimum atomic E-state index is 0.949. The lowest BCUT2D eigenvalue weighted by Crippen LogP contribution is -2.08. The molecule has 0 fully saturated rings. The van der Waals surface area contributed by atoms with Gasteiger partial charge in [0.1, 0.15) is 0 Å². The first kappa shape index (κ1) is 25.7. The Balaban J connectivity index is -0.0000000925. The monoisotopic (exact) mass is 253 g/mol. The molecule has 0 saturated carbocycles. The lowest BCUT2D eigenvalue weighted by atomic mass is 10.1. The molecule has 108 valence electrons. The third-order valence-electron chi connectivity index (χ3n) is 1.54. The average Bonchev–Trinajstić information content (AvgIpc) is 2.94. The van der Waals surface area contributed by atoms with E-state index in [2.05, 4.69) is 25.1 Å². The highest BCUT2D eigenvalue weighted by molar-refractivity contribution is 5.36. The summed E-state index contributed by atoms with van der Waals surface area (Å²) in [5.41, 5.74) is 2.56. The number of allylic oxidation sites excluding steroid dienone is 1. The van der Waals surface area contributed by atoms with Gasteiger partial charge in [-0.1, -0.05) is 72.9 Å². The fourth-order valence-electron chi connectivity index (χ4n) is 0.965. The fourth-order valence-corrected chi connectivity index (χ4v) is 0.965. The summed E-state index contributed by atoms with van der Waals surface area (Å²) in [6, 6.07) is 0. The smallest absolute Gasteiger partial charge is 0.0211 e. The highest BCUT2D eigenvalue weighted by Gasteiger charge is 2.06.